The molecule has 0 saturated carbocycles. The van der Waals surface area contributed by atoms with E-state index in [0.29, 0.717) is 5.95 Å². The number of anilines is 1. The molecule has 2 N–H and O–H groups in total. The topological polar surface area (TPSA) is 86.4 Å². The van der Waals surface area contributed by atoms with Crippen LogP contribution in [-0.4, -0.2) is 48.3 Å². The van der Waals surface area contributed by atoms with Crippen molar-refractivity contribution in [2.45, 2.75) is 18.9 Å². The first kappa shape index (κ1) is 17.9. The van der Waals surface area contributed by atoms with Gasteiger partial charge in [-0.25, -0.2) is 0 Å². The molecule has 2 rings (SSSR count). The quantitative estimate of drug-likeness (QED) is 0.877. The van der Waals surface area contributed by atoms with E-state index in [9.17, 15) is 0 Å². The Labute approximate surface area is 124 Å². The van der Waals surface area contributed by atoms with Crippen molar-refractivity contribution in [3.05, 3.63) is 0 Å². The van der Waals surface area contributed by atoms with Crippen molar-refractivity contribution in [3.8, 4) is 12.0 Å². The molecule has 1 aliphatic rings. The van der Waals surface area contributed by atoms with Gasteiger partial charge in [-0.05, 0) is 12.8 Å². The van der Waals surface area contributed by atoms with Crippen molar-refractivity contribution in [1.82, 2.24) is 15.0 Å². The summed E-state index contributed by atoms with van der Waals surface area (Å²) in [5, 5.41) is 0. The van der Waals surface area contributed by atoms with Crippen molar-refractivity contribution in [1.29, 1.82) is 0 Å². The van der Waals surface area contributed by atoms with Gasteiger partial charge in [0.25, 0.3) is 0 Å². The Kier molecular flexibility index (Phi) is 7.73. The lowest BCUT2D eigenvalue weighted by Crippen LogP contribution is -2.40. The predicted octanol–water partition coefficient (Wildman–Crippen LogP) is 0.660. The van der Waals surface area contributed by atoms with Crippen LogP contribution in [0.1, 0.15) is 12.8 Å². The van der Waals surface area contributed by atoms with Crippen LogP contribution in [0.15, 0.2) is 0 Å². The molecule has 0 unspecified atom stereocenters. The molecular formula is C10H19Cl2N5O2. The lowest BCUT2D eigenvalue weighted by molar-refractivity contribution is 0.339. The Balaban J connectivity index is 0.00000162. The molecule has 1 saturated heterocycles. The highest BCUT2D eigenvalue weighted by Crippen LogP contribution is 2.19. The number of nitrogens with zero attached hydrogens (tertiary/aromatic N) is 4. The van der Waals surface area contributed by atoms with Crippen LogP contribution in [0.3, 0.4) is 0 Å². The number of piperidine rings is 1. The predicted molar refractivity (Wildman–Crippen MR) is 76.8 cm³/mol. The van der Waals surface area contributed by atoms with Gasteiger partial charge in [-0.15, -0.1) is 29.8 Å². The van der Waals surface area contributed by atoms with E-state index in [-0.39, 0.29) is 42.9 Å². The molecule has 1 fully saturated rings. The molecule has 9 heteroatoms. The summed E-state index contributed by atoms with van der Waals surface area (Å²) < 4.78 is 10.0. The summed E-state index contributed by atoms with van der Waals surface area (Å²) in [6.07, 6.45) is 1.88. The van der Waals surface area contributed by atoms with Crippen LogP contribution in [-0.2, 0) is 0 Å². The van der Waals surface area contributed by atoms with Crippen molar-refractivity contribution < 1.29 is 9.47 Å². The van der Waals surface area contributed by atoms with Gasteiger partial charge in [-0.2, -0.15) is 9.97 Å². The lowest BCUT2D eigenvalue weighted by atomic mass is 10.1. The lowest BCUT2D eigenvalue weighted by Gasteiger charge is -2.30. The minimum atomic E-state index is 0. The fourth-order valence-electron chi connectivity index (χ4n) is 1.75. The summed E-state index contributed by atoms with van der Waals surface area (Å²) in [7, 11) is 3.04. The zero-order valence-corrected chi connectivity index (χ0v) is 12.5. The number of hydrogen-bond acceptors (Lipinski definition) is 7. The summed E-state index contributed by atoms with van der Waals surface area (Å²) in [5.74, 6) is 0.584. The molecule has 0 amide bonds. The second-order valence-corrected chi connectivity index (χ2v) is 3.93. The van der Waals surface area contributed by atoms with Crippen molar-refractivity contribution in [3.63, 3.8) is 0 Å². The van der Waals surface area contributed by atoms with E-state index >= 15 is 0 Å². The Morgan fingerprint density at radius 1 is 1.00 bits per heavy atom. The molecule has 2 heterocycles. The third kappa shape index (κ3) is 4.52. The molecule has 0 atom stereocenters. The van der Waals surface area contributed by atoms with Crippen LogP contribution >= 0.6 is 24.8 Å². The highest BCUT2D eigenvalue weighted by Gasteiger charge is 2.20. The van der Waals surface area contributed by atoms with Gasteiger partial charge in [0.2, 0.25) is 5.95 Å². The first-order valence-corrected chi connectivity index (χ1v) is 5.57. The number of aromatic nitrogens is 3. The van der Waals surface area contributed by atoms with Crippen molar-refractivity contribution >= 4 is 30.8 Å². The average Bonchev–Trinajstić information content (AvgIpc) is 2.39. The van der Waals surface area contributed by atoms with E-state index < -0.39 is 0 Å². The Morgan fingerprint density at radius 3 is 1.89 bits per heavy atom. The monoisotopic (exact) mass is 311 g/mol. The van der Waals surface area contributed by atoms with Gasteiger partial charge in [0.1, 0.15) is 0 Å². The van der Waals surface area contributed by atoms with E-state index in [1.165, 1.54) is 14.2 Å². The maximum atomic E-state index is 5.86. The zero-order chi connectivity index (χ0) is 12.3. The van der Waals surface area contributed by atoms with E-state index in [1.54, 1.807) is 0 Å². The number of halogens is 2. The molecular weight excluding hydrogens is 293 g/mol. The first-order valence-electron chi connectivity index (χ1n) is 5.57. The van der Waals surface area contributed by atoms with Gasteiger partial charge in [0.15, 0.2) is 0 Å². The molecule has 0 radical (unpaired) electrons. The van der Waals surface area contributed by atoms with Gasteiger partial charge in [0, 0.05) is 19.1 Å². The molecule has 0 aliphatic carbocycles. The maximum absolute atomic E-state index is 5.86. The normalized spacial score (nSPS) is 15.2. The Bertz CT molecular complexity index is 366. The van der Waals surface area contributed by atoms with E-state index in [1.807, 2.05) is 0 Å². The molecule has 1 aromatic heterocycles. The van der Waals surface area contributed by atoms with Crippen molar-refractivity contribution in [2.75, 3.05) is 32.2 Å². The van der Waals surface area contributed by atoms with E-state index in [0.717, 1.165) is 25.9 Å². The number of hydrogen-bond donors (Lipinski definition) is 1. The van der Waals surface area contributed by atoms with Crippen LogP contribution in [0.5, 0.6) is 12.0 Å². The Hall–Kier alpha value is -1.05. The highest BCUT2D eigenvalue weighted by atomic mass is 35.5. The number of rotatable bonds is 3. The van der Waals surface area contributed by atoms with E-state index in [4.69, 9.17) is 15.2 Å². The summed E-state index contributed by atoms with van der Waals surface area (Å²) in [4.78, 5) is 14.4. The third-order valence-electron chi connectivity index (χ3n) is 2.77. The number of nitrogens with two attached hydrogens (primary N) is 1. The maximum Gasteiger partial charge on any atom is 0.324 e. The molecule has 0 bridgehead atoms. The fourth-order valence-corrected chi connectivity index (χ4v) is 1.75. The molecule has 7 nitrogen and oxygen atoms in total. The Morgan fingerprint density at radius 2 is 1.47 bits per heavy atom. The molecule has 0 spiro atoms. The first-order chi connectivity index (χ1) is 8.22. The van der Waals surface area contributed by atoms with Gasteiger partial charge in [0.05, 0.1) is 14.2 Å². The van der Waals surface area contributed by atoms with Gasteiger partial charge < -0.3 is 20.1 Å². The summed E-state index contributed by atoms with van der Waals surface area (Å²) >= 11 is 0. The number of methoxy groups -OCH3 is 2. The van der Waals surface area contributed by atoms with Crippen molar-refractivity contribution in [2.24, 2.45) is 5.73 Å². The SMILES string of the molecule is COc1nc(OC)nc(N2CCC(N)CC2)n1.Cl.Cl. The van der Waals surface area contributed by atoms with Crippen LogP contribution in [0, 0.1) is 0 Å². The van der Waals surface area contributed by atoms with E-state index in [2.05, 4.69) is 19.9 Å². The molecule has 0 aromatic carbocycles. The van der Waals surface area contributed by atoms with Gasteiger partial charge in [-0.3, -0.25) is 0 Å². The summed E-state index contributed by atoms with van der Waals surface area (Å²) in [6, 6.07) is 0.806. The summed E-state index contributed by atoms with van der Waals surface area (Å²) in [5.41, 5.74) is 5.86. The zero-order valence-electron chi connectivity index (χ0n) is 10.9. The fraction of sp³-hybridized carbons (Fsp3) is 0.700. The largest absolute Gasteiger partial charge is 0.467 e. The van der Waals surface area contributed by atoms with Crippen LogP contribution in [0.2, 0.25) is 0 Å². The van der Waals surface area contributed by atoms with Crippen LogP contribution in [0.25, 0.3) is 0 Å². The third-order valence-corrected chi connectivity index (χ3v) is 2.77. The second-order valence-electron chi connectivity index (χ2n) is 3.93. The summed E-state index contributed by atoms with van der Waals surface area (Å²) in [6.45, 7) is 1.69. The average molecular weight is 312 g/mol. The van der Waals surface area contributed by atoms with Crippen LogP contribution < -0.4 is 20.1 Å². The van der Waals surface area contributed by atoms with Gasteiger partial charge >= 0.3 is 12.0 Å². The molecule has 19 heavy (non-hydrogen) atoms. The van der Waals surface area contributed by atoms with Gasteiger partial charge in [-0.1, -0.05) is 0 Å². The highest BCUT2D eigenvalue weighted by molar-refractivity contribution is 5.85. The van der Waals surface area contributed by atoms with Crippen LogP contribution in [0.4, 0.5) is 5.95 Å². The molecule has 1 aromatic rings. The number of ether oxygens (including phenoxy) is 2. The molecule has 110 valence electrons. The second kappa shape index (κ2) is 8.19. The minimum Gasteiger partial charge on any atom is -0.467 e. The minimum absolute atomic E-state index is 0. The molecule has 1 aliphatic heterocycles. The smallest absolute Gasteiger partial charge is 0.324 e. The standard InChI is InChI=1S/C10H17N5O2.2ClH/c1-16-9-12-8(13-10(14-9)17-2)15-5-3-7(11)4-6-15;;/h7H,3-6,11H2,1-2H3;2*1H.